The van der Waals surface area contributed by atoms with Crippen molar-refractivity contribution in [1.82, 2.24) is 14.8 Å². The normalized spacial score (nSPS) is 21.3. The molecular weight excluding hydrogens is 466 g/mol. The molecule has 202 valence electrons. The Morgan fingerprint density at radius 3 is 2.73 bits per heavy atom. The van der Waals surface area contributed by atoms with Gasteiger partial charge in [0.25, 0.3) is 0 Å². The maximum atomic E-state index is 13.3. The highest BCUT2D eigenvalue weighted by molar-refractivity contribution is 5.68. The number of nitrogens with zero attached hydrogens (tertiary/aromatic N) is 3. The van der Waals surface area contributed by atoms with Crippen molar-refractivity contribution in [2.24, 2.45) is 11.5 Å². The zero-order chi connectivity index (χ0) is 25.9. The van der Waals surface area contributed by atoms with E-state index >= 15 is 0 Å². The standard InChI is InChI=1S/C29H43N5O3/c30-14-4-5-17-33(27-13-6-11-24-12-7-16-32-28(24)27)20-25-19-26(36-18-8-15-31)21-34(25)29(35)37-22-23-9-2-1-3-10-23/h1-3,7,9-10,12,16,25-27H,4-6,8,11,13-15,17-22,30-31H2/t25-,26?,27-/m0/s1. The minimum atomic E-state index is -0.275. The molecule has 1 amide bonds. The second kappa shape index (κ2) is 14.4. The number of aromatic nitrogens is 1. The summed E-state index contributed by atoms with van der Waals surface area (Å²) in [7, 11) is 0. The minimum absolute atomic E-state index is 0.0107. The molecule has 1 aromatic carbocycles. The van der Waals surface area contributed by atoms with E-state index in [2.05, 4.69) is 11.0 Å². The van der Waals surface area contributed by atoms with E-state index in [0.29, 0.717) is 26.2 Å². The van der Waals surface area contributed by atoms with Crippen molar-refractivity contribution >= 4 is 6.09 Å². The van der Waals surface area contributed by atoms with E-state index in [1.165, 1.54) is 11.3 Å². The number of pyridine rings is 1. The lowest BCUT2D eigenvalue weighted by molar-refractivity contribution is 0.0527. The molecule has 2 aromatic rings. The van der Waals surface area contributed by atoms with Crippen molar-refractivity contribution in [3.05, 3.63) is 65.5 Å². The van der Waals surface area contributed by atoms with Gasteiger partial charge in [-0.3, -0.25) is 9.88 Å². The summed E-state index contributed by atoms with van der Waals surface area (Å²) >= 11 is 0. The molecule has 2 aliphatic rings. The van der Waals surface area contributed by atoms with E-state index in [1.807, 2.05) is 47.5 Å². The van der Waals surface area contributed by atoms with Gasteiger partial charge in [-0.1, -0.05) is 36.4 Å². The molecule has 0 spiro atoms. The molecule has 1 fully saturated rings. The van der Waals surface area contributed by atoms with Crippen molar-refractivity contribution in [2.45, 2.75) is 69.7 Å². The number of hydrogen-bond acceptors (Lipinski definition) is 7. The fraction of sp³-hybridized carbons (Fsp3) is 0.586. The Kier molecular flexibility index (Phi) is 10.7. The summed E-state index contributed by atoms with van der Waals surface area (Å²) < 4.78 is 11.9. The number of carbonyl (C=O) groups is 1. The number of rotatable bonds is 13. The van der Waals surface area contributed by atoms with Crippen LogP contribution in [0.15, 0.2) is 48.7 Å². The maximum absolute atomic E-state index is 13.3. The summed E-state index contributed by atoms with van der Waals surface area (Å²) in [6, 6.07) is 14.3. The Bertz CT molecular complexity index is 960. The molecular formula is C29H43N5O3. The second-order valence-electron chi connectivity index (χ2n) is 10.2. The topological polar surface area (TPSA) is 107 Å². The van der Waals surface area contributed by atoms with Crippen molar-refractivity contribution in [2.75, 3.05) is 39.3 Å². The average molecular weight is 510 g/mol. The van der Waals surface area contributed by atoms with Gasteiger partial charge in [-0.2, -0.15) is 0 Å². The quantitative estimate of drug-likeness (QED) is 0.397. The lowest BCUT2D eigenvalue weighted by Gasteiger charge is -2.38. The first-order chi connectivity index (χ1) is 18.2. The van der Waals surface area contributed by atoms with Gasteiger partial charge in [0.2, 0.25) is 0 Å². The predicted molar refractivity (Wildman–Crippen MR) is 145 cm³/mol. The van der Waals surface area contributed by atoms with Gasteiger partial charge >= 0.3 is 6.09 Å². The van der Waals surface area contributed by atoms with Crippen molar-refractivity contribution in [1.29, 1.82) is 0 Å². The number of likely N-dealkylation sites (tertiary alicyclic amines) is 1. The molecule has 0 bridgehead atoms. The molecule has 3 atom stereocenters. The molecule has 1 unspecified atom stereocenters. The van der Waals surface area contributed by atoms with Crippen molar-refractivity contribution in [3.8, 4) is 0 Å². The highest BCUT2D eigenvalue weighted by Crippen LogP contribution is 2.34. The summed E-state index contributed by atoms with van der Waals surface area (Å²) in [5.41, 5.74) is 15.0. The number of hydrogen-bond donors (Lipinski definition) is 2. The van der Waals surface area contributed by atoms with Crippen LogP contribution >= 0.6 is 0 Å². The van der Waals surface area contributed by atoms with E-state index in [0.717, 1.165) is 63.6 Å². The van der Waals surface area contributed by atoms with Gasteiger partial charge in [-0.15, -0.1) is 0 Å². The molecule has 4 N–H and O–H groups in total. The van der Waals surface area contributed by atoms with Crippen LogP contribution in [0.5, 0.6) is 0 Å². The Labute approximate surface area is 221 Å². The van der Waals surface area contributed by atoms with Gasteiger partial charge in [0.1, 0.15) is 6.61 Å². The number of fused-ring (bicyclic) bond motifs is 1. The SMILES string of the molecule is NCCCCN(C[C@@H]1CC(OCCCN)CN1C(=O)OCc1ccccc1)[C@H]1CCCc2cccnc21. The summed E-state index contributed by atoms with van der Waals surface area (Å²) in [6.45, 7) is 4.40. The number of amides is 1. The number of unbranched alkanes of at least 4 members (excludes halogenated alkanes) is 1. The van der Waals surface area contributed by atoms with Crippen molar-refractivity contribution < 1.29 is 14.3 Å². The van der Waals surface area contributed by atoms with Gasteiger partial charge in [-0.25, -0.2) is 4.79 Å². The van der Waals surface area contributed by atoms with E-state index < -0.39 is 0 Å². The maximum Gasteiger partial charge on any atom is 0.410 e. The van der Waals surface area contributed by atoms with Crippen LogP contribution in [-0.2, 0) is 22.5 Å². The number of benzene rings is 1. The zero-order valence-corrected chi connectivity index (χ0v) is 22.0. The summed E-state index contributed by atoms with van der Waals surface area (Å²) in [5, 5.41) is 0. The third kappa shape index (κ3) is 7.74. The van der Waals surface area contributed by atoms with E-state index in [-0.39, 0.29) is 30.9 Å². The second-order valence-corrected chi connectivity index (χ2v) is 10.2. The third-order valence-electron chi connectivity index (χ3n) is 7.47. The molecule has 37 heavy (non-hydrogen) atoms. The number of ether oxygens (including phenoxy) is 2. The molecule has 4 rings (SSSR count). The third-order valence-corrected chi connectivity index (χ3v) is 7.47. The summed E-state index contributed by atoms with van der Waals surface area (Å²) in [5.74, 6) is 0. The van der Waals surface area contributed by atoms with Crippen LogP contribution < -0.4 is 11.5 Å². The molecule has 1 saturated heterocycles. The summed E-state index contributed by atoms with van der Waals surface area (Å²) in [6.07, 6.45) is 8.53. The van der Waals surface area contributed by atoms with E-state index in [1.54, 1.807) is 0 Å². The molecule has 1 aliphatic heterocycles. The Morgan fingerprint density at radius 1 is 1.08 bits per heavy atom. The Hall–Kier alpha value is -2.52. The number of nitrogens with two attached hydrogens (primary N) is 2. The highest BCUT2D eigenvalue weighted by Gasteiger charge is 2.39. The fourth-order valence-corrected chi connectivity index (χ4v) is 5.57. The predicted octanol–water partition coefficient (Wildman–Crippen LogP) is 3.65. The Morgan fingerprint density at radius 2 is 1.92 bits per heavy atom. The van der Waals surface area contributed by atoms with Crippen LogP contribution in [0.2, 0.25) is 0 Å². The first kappa shape index (κ1) is 27.5. The molecule has 2 heterocycles. The largest absolute Gasteiger partial charge is 0.445 e. The van der Waals surface area contributed by atoms with Crippen LogP contribution in [0.4, 0.5) is 4.79 Å². The monoisotopic (exact) mass is 509 g/mol. The first-order valence-corrected chi connectivity index (χ1v) is 13.9. The zero-order valence-electron chi connectivity index (χ0n) is 22.0. The van der Waals surface area contributed by atoms with E-state index in [9.17, 15) is 4.79 Å². The molecule has 0 radical (unpaired) electrons. The van der Waals surface area contributed by atoms with Crippen molar-refractivity contribution in [3.63, 3.8) is 0 Å². The van der Waals surface area contributed by atoms with E-state index in [4.69, 9.17) is 25.9 Å². The fourth-order valence-electron chi connectivity index (χ4n) is 5.57. The summed E-state index contributed by atoms with van der Waals surface area (Å²) in [4.78, 5) is 22.5. The lowest BCUT2D eigenvalue weighted by Crippen LogP contribution is -2.45. The van der Waals surface area contributed by atoms with Gasteiger partial charge in [0.15, 0.2) is 0 Å². The van der Waals surface area contributed by atoms with Crippen LogP contribution in [0, 0.1) is 0 Å². The van der Waals surface area contributed by atoms with Crippen LogP contribution in [0.3, 0.4) is 0 Å². The minimum Gasteiger partial charge on any atom is -0.445 e. The number of aryl methyl sites for hydroxylation is 1. The smallest absolute Gasteiger partial charge is 0.410 e. The van der Waals surface area contributed by atoms with Gasteiger partial charge in [0, 0.05) is 19.3 Å². The number of carbonyl (C=O) groups excluding carboxylic acids is 1. The molecule has 8 nitrogen and oxygen atoms in total. The molecule has 1 aromatic heterocycles. The first-order valence-electron chi connectivity index (χ1n) is 13.9. The average Bonchev–Trinajstić information content (AvgIpc) is 3.34. The Balaban J connectivity index is 1.49. The van der Waals surface area contributed by atoms with Gasteiger partial charge < -0.3 is 25.8 Å². The van der Waals surface area contributed by atoms with Gasteiger partial charge in [0.05, 0.1) is 30.4 Å². The molecule has 0 saturated carbocycles. The molecule has 1 aliphatic carbocycles. The molecule has 8 heteroatoms. The van der Waals surface area contributed by atoms with Crippen LogP contribution in [-0.4, -0.2) is 72.4 Å². The van der Waals surface area contributed by atoms with Gasteiger partial charge in [-0.05, 0) is 81.8 Å². The van der Waals surface area contributed by atoms with Crippen LogP contribution in [0.25, 0.3) is 0 Å². The van der Waals surface area contributed by atoms with Crippen LogP contribution in [0.1, 0.15) is 61.4 Å². The highest BCUT2D eigenvalue weighted by atomic mass is 16.6. The lowest BCUT2D eigenvalue weighted by atomic mass is 9.90.